The zero-order chi connectivity index (χ0) is 15.8. The van der Waals surface area contributed by atoms with E-state index in [1.165, 1.54) is 5.56 Å². The Morgan fingerprint density at radius 1 is 1.00 bits per heavy atom. The summed E-state index contributed by atoms with van der Waals surface area (Å²) in [4.78, 5) is 12.2. The highest BCUT2D eigenvalue weighted by molar-refractivity contribution is 5.98. The molecular weight excluding hydrogens is 314 g/mol. The van der Waals surface area contributed by atoms with Gasteiger partial charge in [-0.15, -0.1) is 12.4 Å². The lowest BCUT2D eigenvalue weighted by Crippen LogP contribution is -2.25. The molecular formula is C18H22ClNO3. The Labute approximate surface area is 143 Å². The lowest BCUT2D eigenvalue weighted by Gasteiger charge is -2.09. The summed E-state index contributed by atoms with van der Waals surface area (Å²) in [6, 6.07) is 15.4. The van der Waals surface area contributed by atoms with Gasteiger partial charge in [0.2, 0.25) is 0 Å². The maximum absolute atomic E-state index is 12.2. The molecule has 0 atom stereocenters. The van der Waals surface area contributed by atoms with Gasteiger partial charge in [0.25, 0.3) is 0 Å². The van der Waals surface area contributed by atoms with E-state index in [4.69, 9.17) is 9.47 Å². The summed E-state index contributed by atoms with van der Waals surface area (Å²) in [7, 11) is 3.13. The Bertz CT molecular complexity index is 617. The third-order valence-electron chi connectivity index (χ3n) is 3.42. The van der Waals surface area contributed by atoms with Crippen molar-refractivity contribution in [2.45, 2.75) is 6.42 Å². The van der Waals surface area contributed by atoms with Crippen molar-refractivity contribution in [1.82, 2.24) is 5.32 Å². The first-order valence-corrected chi connectivity index (χ1v) is 7.24. The van der Waals surface area contributed by atoms with Gasteiger partial charge in [0, 0.05) is 5.56 Å². The number of hydrogen-bond acceptors (Lipinski definition) is 4. The minimum Gasteiger partial charge on any atom is -0.493 e. The molecule has 0 aliphatic carbocycles. The second kappa shape index (κ2) is 9.87. The Morgan fingerprint density at radius 3 is 2.35 bits per heavy atom. The smallest absolute Gasteiger partial charge is 0.176 e. The van der Waals surface area contributed by atoms with Gasteiger partial charge in [-0.05, 0) is 36.7 Å². The van der Waals surface area contributed by atoms with Crippen molar-refractivity contribution < 1.29 is 14.3 Å². The molecule has 0 bridgehead atoms. The molecule has 5 heteroatoms. The van der Waals surface area contributed by atoms with Crippen LogP contribution in [0.3, 0.4) is 0 Å². The molecule has 0 amide bonds. The number of nitrogens with one attached hydrogen (secondary N) is 1. The van der Waals surface area contributed by atoms with Gasteiger partial charge in [0.1, 0.15) is 0 Å². The van der Waals surface area contributed by atoms with Crippen LogP contribution in [-0.4, -0.2) is 33.1 Å². The summed E-state index contributed by atoms with van der Waals surface area (Å²) in [5.41, 5.74) is 1.87. The van der Waals surface area contributed by atoms with Crippen LogP contribution in [0.4, 0.5) is 0 Å². The van der Waals surface area contributed by atoms with Crippen molar-refractivity contribution in [3.8, 4) is 11.5 Å². The van der Waals surface area contributed by atoms with Crippen molar-refractivity contribution in [2.24, 2.45) is 0 Å². The topological polar surface area (TPSA) is 47.6 Å². The molecule has 0 fully saturated rings. The van der Waals surface area contributed by atoms with E-state index in [1.807, 2.05) is 18.2 Å². The summed E-state index contributed by atoms with van der Waals surface area (Å²) in [6.45, 7) is 1.07. The lowest BCUT2D eigenvalue weighted by molar-refractivity contribution is 0.0991. The van der Waals surface area contributed by atoms with Gasteiger partial charge in [-0.2, -0.15) is 0 Å². The molecule has 0 unspecified atom stereocenters. The number of carbonyl (C=O) groups excluding carboxylic acids is 1. The first kappa shape index (κ1) is 19.0. The second-order valence-corrected chi connectivity index (χ2v) is 4.91. The van der Waals surface area contributed by atoms with E-state index in [2.05, 4.69) is 17.4 Å². The summed E-state index contributed by atoms with van der Waals surface area (Å²) >= 11 is 0. The normalized spacial score (nSPS) is 9.83. The predicted molar refractivity (Wildman–Crippen MR) is 94.1 cm³/mol. The van der Waals surface area contributed by atoms with E-state index in [1.54, 1.807) is 32.4 Å². The zero-order valence-electron chi connectivity index (χ0n) is 13.4. The first-order chi connectivity index (χ1) is 10.7. The number of ether oxygens (including phenoxy) is 2. The Balaban J connectivity index is 0.00000264. The number of halogens is 1. The highest BCUT2D eigenvalue weighted by atomic mass is 35.5. The van der Waals surface area contributed by atoms with E-state index < -0.39 is 0 Å². The molecule has 0 aliphatic rings. The van der Waals surface area contributed by atoms with E-state index >= 15 is 0 Å². The number of Topliss-reactive ketones (excluding diaryl/α,β-unsaturated/α-hetero) is 1. The van der Waals surface area contributed by atoms with Gasteiger partial charge < -0.3 is 14.8 Å². The molecule has 2 aromatic rings. The van der Waals surface area contributed by atoms with Crippen LogP contribution in [-0.2, 0) is 6.42 Å². The van der Waals surface area contributed by atoms with Crippen molar-refractivity contribution in [3.63, 3.8) is 0 Å². The molecule has 2 rings (SSSR count). The van der Waals surface area contributed by atoms with Crippen LogP contribution in [0.5, 0.6) is 11.5 Å². The highest BCUT2D eigenvalue weighted by Crippen LogP contribution is 2.27. The van der Waals surface area contributed by atoms with Crippen LogP contribution in [0, 0.1) is 0 Å². The van der Waals surface area contributed by atoms with Crippen LogP contribution in [0.15, 0.2) is 48.5 Å². The number of rotatable bonds is 8. The standard InChI is InChI=1S/C18H21NO3.ClH/c1-21-17-9-8-15(12-18(17)22-2)16(20)13-19-11-10-14-6-4-3-5-7-14;/h3-9,12,19H,10-11,13H2,1-2H3;1H. The summed E-state index contributed by atoms with van der Waals surface area (Å²) in [5, 5.41) is 3.18. The molecule has 0 saturated heterocycles. The summed E-state index contributed by atoms with van der Waals surface area (Å²) in [6.07, 6.45) is 0.903. The van der Waals surface area contributed by atoms with Crippen LogP contribution in [0.2, 0.25) is 0 Å². The monoisotopic (exact) mass is 335 g/mol. The number of benzene rings is 2. The third-order valence-corrected chi connectivity index (χ3v) is 3.42. The van der Waals surface area contributed by atoms with Gasteiger partial charge in [-0.3, -0.25) is 4.79 Å². The fraction of sp³-hybridized carbons (Fsp3) is 0.278. The maximum Gasteiger partial charge on any atom is 0.176 e. The van der Waals surface area contributed by atoms with Crippen molar-refractivity contribution >= 4 is 18.2 Å². The average molecular weight is 336 g/mol. The zero-order valence-corrected chi connectivity index (χ0v) is 14.2. The summed E-state index contributed by atoms with van der Waals surface area (Å²) in [5.74, 6) is 1.22. The predicted octanol–water partition coefficient (Wildman–Crippen LogP) is 3.14. The second-order valence-electron chi connectivity index (χ2n) is 4.91. The molecule has 0 saturated carbocycles. The van der Waals surface area contributed by atoms with Gasteiger partial charge >= 0.3 is 0 Å². The van der Waals surface area contributed by atoms with E-state index in [0.717, 1.165) is 13.0 Å². The lowest BCUT2D eigenvalue weighted by atomic mass is 10.1. The number of hydrogen-bond donors (Lipinski definition) is 1. The number of methoxy groups -OCH3 is 2. The third kappa shape index (κ3) is 5.58. The van der Waals surface area contributed by atoms with E-state index in [-0.39, 0.29) is 18.2 Å². The van der Waals surface area contributed by atoms with E-state index in [9.17, 15) is 4.79 Å². The molecule has 2 aromatic carbocycles. The van der Waals surface area contributed by atoms with Crippen LogP contribution >= 0.6 is 12.4 Å². The van der Waals surface area contributed by atoms with E-state index in [0.29, 0.717) is 23.6 Å². The first-order valence-electron chi connectivity index (χ1n) is 7.24. The van der Waals surface area contributed by atoms with Gasteiger partial charge in [-0.25, -0.2) is 0 Å². The molecule has 1 N–H and O–H groups in total. The van der Waals surface area contributed by atoms with Crippen LogP contribution in [0.1, 0.15) is 15.9 Å². The molecule has 0 radical (unpaired) electrons. The molecule has 0 aromatic heterocycles. The molecule has 23 heavy (non-hydrogen) atoms. The Kier molecular flexibility index (Phi) is 8.16. The molecule has 4 nitrogen and oxygen atoms in total. The number of ketones is 1. The minimum absolute atomic E-state index is 0. The fourth-order valence-corrected chi connectivity index (χ4v) is 2.19. The van der Waals surface area contributed by atoms with Crippen molar-refractivity contribution in [3.05, 3.63) is 59.7 Å². The van der Waals surface area contributed by atoms with Crippen LogP contribution in [0.25, 0.3) is 0 Å². The quantitative estimate of drug-likeness (QED) is 0.594. The van der Waals surface area contributed by atoms with Crippen molar-refractivity contribution in [1.29, 1.82) is 0 Å². The van der Waals surface area contributed by atoms with Gasteiger partial charge in [-0.1, -0.05) is 30.3 Å². The summed E-state index contributed by atoms with van der Waals surface area (Å²) < 4.78 is 10.4. The SMILES string of the molecule is COc1ccc(C(=O)CNCCc2ccccc2)cc1OC.Cl. The maximum atomic E-state index is 12.2. The van der Waals surface area contributed by atoms with Gasteiger partial charge in [0.15, 0.2) is 17.3 Å². The van der Waals surface area contributed by atoms with Crippen molar-refractivity contribution in [2.75, 3.05) is 27.3 Å². The fourth-order valence-electron chi connectivity index (χ4n) is 2.19. The highest BCUT2D eigenvalue weighted by Gasteiger charge is 2.10. The number of carbonyl (C=O) groups is 1. The minimum atomic E-state index is 0. The average Bonchev–Trinajstić information content (AvgIpc) is 2.58. The van der Waals surface area contributed by atoms with Gasteiger partial charge in [0.05, 0.1) is 20.8 Å². The Hall–Kier alpha value is -2.04. The molecule has 0 heterocycles. The largest absolute Gasteiger partial charge is 0.493 e. The molecule has 0 spiro atoms. The Morgan fingerprint density at radius 2 is 1.70 bits per heavy atom. The van der Waals surface area contributed by atoms with Crippen LogP contribution < -0.4 is 14.8 Å². The molecule has 124 valence electrons. The molecule has 0 aliphatic heterocycles.